The molecule has 4 atom stereocenters. The van der Waals surface area contributed by atoms with Gasteiger partial charge in [0.15, 0.2) is 16.6 Å². The number of nitrogens with one attached hydrogen (secondary N) is 1. The number of aromatic hydroxyl groups is 1. The number of benzene rings is 1. The summed E-state index contributed by atoms with van der Waals surface area (Å²) in [5.74, 6) is 0.904. The maximum absolute atomic E-state index is 15.2. The SMILES string of the molecule is N#Cc1nc(-c2ccc(-c3ncc(N(C4CC4)[C@H]4C[C@H]5CC[C@H](N5)[C@H]4F)nn3)c(O)c2)cs1. The van der Waals surface area contributed by atoms with Gasteiger partial charge in [-0.15, -0.1) is 21.5 Å². The van der Waals surface area contributed by atoms with E-state index in [0.29, 0.717) is 39.5 Å². The molecule has 0 unspecified atom stereocenters. The molecule has 1 saturated carbocycles. The minimum atomic E-state index is -0.935. The number of nitriles is 1. The van der Waals surface area contributed by atoms with Gasteiger partial charge in [0.1, 0.15) is 18.0 Å². The lowest BCUT2D eigenvalue weighted by Crippen LogP contribution is -2.57. The van der Waals surface area contributed by atoms with E-state index in [1.807, 2.05) is 6.07 Å². The number of phenols is 1. The fourth-order valence-corrected chi connectivity index (χ4v) is 5.69. The van der Waals surface area contributed by atoms with E-state index in [1.54, 1.807) is 29.8 Å². The fourth-order valence-electron chi connectivity index (χ4n) is 5.07. The summed E-state index contributed by atoms with van der Waals surface area (Å²) >= 11 is 1.25. The van der Waals surface area contributed by atoms with Gasteiger partial charge < -0.3 is 15.3 Å². The average molecular weight is 464 g/mol. The van der Waals surface area contributed by atoms with E-state index in [0.717, 1.165) is 32.1 Å². The van der Waals surface area contributed by atoms with E-state index >= 15 is 4.39 Å². The lowest BCUT2D eigenvalue weighted by Gasteiger charge is -2.40. The van der Waals surface area contributed by atoms with Crippen molar-refractivity contribution in [3.05, 3.63) is 34.8 Å². The topological polar surface area (TPSA) is 111 Å². The van der Waals surface area contributed by atoms with Gasteiger partial charge in [0.05, 0.1) is 23.5 Å². The predicted octanol–water partition coefficient (Wildman–Crippen LogP) is 3.44. The summed E-state index contributed by atoms with van der Waals surface area (Å²) in [5.41, 5.74) is 1.78. The van der Waals surface area contributed by atoms with Crippen molar-refractivity contribution in [3.63, 3.8) is 0 Å². The van der Waals surface area contributed by atoms with Crippen molar-refractivity contribution in [2.75, 3.05) is 4.90 Å². The molecule has 3 aromatic rings. The maximum atomic E-state index is 15.2. The molecular formula is C23H22FN7OS. The quantitative estimate of drug-likeness (QED) is 0.592. The second-order valence-electron chi connectivity index (χ2n) is 8.95. The number of hydrogen-bond donors (Lipinski definition) is 2. The number of alkyl halides is 1. The molecule has 4 heterocycles. The van der Waals surface area contributed by atoms with E-state index in [-0.39, 0.29) is 23.9 Å². The predicted molar refractivity (Wildman–Crippen MR) is 121 cm³/mol. The first-order valence-electron chi connectivity index (χ1n) is 11.2. The van der Waals surface area contributed by atoms with Gasteiger partial charge in [0, 0.05) is 29.1 Å². The first-order valence-corrected chi connectivity index (χ1v) is 12.1. The molecule has 10 heteroatoms. The molecule has 6 rings (SSSR count). The summed E-state index contributed by atoms with van der Waals surface area (Å²) < 4.78 is 15.2. The van der Waals surface area contributed by atoms with E-state index in [9.17, 15) is 5.11 Å². The van der Waals surface area contributed by atoms with Crippen LogP contribution in [-0.4, -0.2) is 55.6 Å². The first kappa shape index (κ1) is 20.4. The number of hydrogen-bond acceptors (Lipinski definition) is 9. The standard InChI is InChI=1S/C23H22FN7OS/c24-22-16-6-2-13(27-16)8-18(22)31(14-3-4-14)20-10-26-23(30-29-20)15-5-1-12(7-19(15)32)17-11-33-21(9-25)28-17/h1,5,7,10-11,13-14,16,18,22,27,32H,2-4,6,8H2/t13-,16+,18+,22-/m1/s1. The molecule has 0 spiro atoms. The number of halogens is 1. The van der Waals surface area contributed by atoms with Crippen LogP contribution in [0.25, 0.3) is 22.6 Å². The third-order valence-electron chi connectivity index (χ3n) is 6.80. The Hall–Kier alpha value is -3.16. The average Bonchev–Trinajstić information content (AvgIpc) is 3.39. The van der Waals surface area contributed by atoms with Crippen LogP contribution in [0.4, 0.5) is 10.2 Å². The van der Waals surface area contributed by atoms with Crippen LogP contribution in [0.1, 0.15) is 37.1 Å². The number of aromatic nitrogens is 4. The summed E-state index contributed by atoms with van der Waals surface area (Å²) in [6, 6.07) is 7.49. The van der Waals surface area contributed by atoms with Gasteiger partial charge in [-0.05, 0) is 44.2 Å². The van der Waals surface area contributed by atoms with Crippen molar-refractivity contribution in [1.29, 1.82) is 5.26 Å². The van der Waals surface area contributed by atoms with E-state index < -0.39 is 6.17 Å². The van der Waals surface area contributed by atoms with Crippen LogP contribution in [-0.2, 0) is 0 Å². The molecule has 0 radical (unpaired) electrons. The Morgan fingerprint density at radius 1 is 1.21 bits per heavy atom. The Morgan fingerprint density at radius 3 is 2.79 bits per heavy atom. The molecule has 1 aliphatic carbocycles. The number of phenolic OH excluding ortho intramolecular Hbond substituents is 1. The zero-order chi connectivity index (χ0) is 22.5. The first-order chi connectivity index (χ1) is 16.1. The second-order valence-corrected chi connectivity index (χ2v) is 9.81. The van der Waals surface area contributed by atoms with Crippen LogP contribution in [0.2, 0.25) is 0 Å². The molecule has 2 aromatic heterocycles. The number of piperidine rings is 1. The van der Waals surface area contributed by atoms with Gasteiger partial charge in [-0.2, -0.15) is 5.26 Å². The number of thiazole rings is 1. The van der Waals surface area contributed by atoms with Crippen LogP contribution in [0, 0.1) is 11.3 Å². The highest BCUT2D eigenvalue weighted by Crippen LogP contribution is 2.40. The van der Waals surface area contributed by atoms with Crippen molar-refractivity contribution in [2.24, 2.45) is 0 Å². The Morgan fingerprint density at radius 2 is 2.09 bits per heavy atom. The highest BCUT2D eigenvalue weighted by molar-refractivity contribution is 7.10. The van der Waals surface area contributed by atoms with Crippen molar-refractivity contribution in [2.45, 2.75) is 62.4 Å². The minimum Gasteiger partial charge on any atom is -0.507 e. The highest BCUT2D eigenvalue weighted by atomic mass is 32.1. The molecule has 0 amide bonds. The van der Waals surface area contributed by atoms with Crippen molar-refractivity contribution >= 4 is 17.2 Å². The smallest absolute Gasteiger partial charge is 0.194 e. The molecule has 33 heavy (non-hydrogen) atoms. The number of anilines is 1. The molecule has 1 aromatic carbocycles. The molecular weight excluding hydrogens is 441 g/mol. The van der Waals surface area contributed by atoms with E-state index in [2.05, 4.69) is 30.4 Å². The van der Waals surface area contributed by atoms with Crippen molar-refractivity contribution in [1.82, 2.24) is 25.5 Å². The van der Waals surface area contributed by atoms with Crippen LogP contribution < -0.4 is 10.2 Å². The summed E-state index contributed by atoms with van der Waals surface area (Å²) in [7, 11) is 0. The van der Waals surface area contributed by atoms with E-state index in [1.165, 1.54) is 11.3 Å². The molecule has 2 saturated heterocycles. The monoisotopic (exact) mass is 463 g/mol. The van der Waals surface area contributed by atoms with Crippen LogP contribution >= 0.6 is 11.3 Å². The van der Waals surface area contributed by atoms with E-state index in [4.69, 9.17) is 5.26 Å². The Bertz CT molecular complexity index is 1220. The third-order valence-corrected chi connectivity index (χ3v) is 7.55. The van der Waals surface area contributed by atoms with Crippen LogP contribution in [0.3, 0.4) is 0 Å². The van der Waals surface area contributed by atoms with Crippen molar-refractivity contribution in [3.8, 4) is 34.5 Å². The zero-order valence-electron chi connectivity index (χ0n) is 17.7. The molecule has 168 valence electrons. The summed E-state index contributed by atoms with van der Waals surface area (Å²) in [5, 5.41) is 33.8. The van der Waals surface area contributed by atoms with Gasteiger partial charge in [-0.1, -0.05) is 6.07 Å². The number of fused-ring (bicyclic) bond motifs is 2. The Balaban J connectivity index is 1.26. The Labute approximate surface area is 194 Å². The summed E-state index contributed by atoms with van der Waals surface area (Å²) in [6.45, 7) is 0. The summed E-state index contributed by atoms with van der Waals surface area (Å²) in [4.78, 5) is 10.8. The van der Waals surface area contributed by atoms with Gasteiger partial charge in [0.2, 0.25) is 0 Å². The normalized spacial score (nSPS) is 26.2. The lowest BCUT2D eigenvalue weighted by molar-refractivity contribution is 0.171. The molecule has 2 bridgehead atoms. The summed E-state index contributed by atoms with van der Waals surface area (Å²) in [6.07, 6.45) is 5.45. The second kappa shape index (κ2) is 8.01. The Kier molecular flexibility index (Phi) is 4.96. The number of rotatable bonds is 5. The molecule has 3 fully saturated rings. The van der Waals surface area contributed by atoms with Gasteiger partial charge in [-0.25, -0.2) is 14.4 Å². The largest absolute Gasteiger partial charge is 0.507 e. The molecule has 3 aliphatic rings. The maximum Gasteiger partial charge on any atom is 0.194 e. The van der Waals surface area contributed by atoms with Gasteiger partial charge in [-0.3, -0.25) is 0 Å². The van der Waals surface area contributed by atoms with Crippen LogP contribution in [0.5, 0.6) is 5.75 Å². The molecule has 2 aliphatic heterocycles. The van der Waals surface area contributed by atoms with Crippen molar-refractivity contribution < 1.29 is 9.50 Å². The zero-order valence-corrected chi connectivity index (χ0v) is 18.5. The van der Waals surface area contributed by atoms with Crippen LogP contribution in [0.15, 0.2) is 29.8 Å². The molecule has 8 nitrogen and oxygen atoms in total. The fraction of sp³-hybridized carbons (Fsp3) is 0.435. The number of nitrogens with zero attached hydrogens (tertiary/aromatic N) is 6. The lowest BCUT2D eigenvalue weighted by atomic mass is 9.96. The molecule has 2 N–H and O–H groups in total. The third kappa shape index (κ3) is 3.71. The highest BCUT2D eigenvalue weighted by Gasteiger charge is 2.48. The minimum absolute atomic E-state index is 0.00589. The van der Waals surface area contributed by atoms with Gasteiger partial charge >= 0.3 is 0 Å². The van der Waals surface area contributed by atoms with Gasteiger partial charge in [0.25, 0.3) is 0 Å².